The number of likely N-dealkylation sites (N-methyl/N-ethyl adjacent to an activating group) is 1. The first-order valence-corrected chi connectivity index (χ1v) is 10.8. The molecule has 0 bridgehead atoms. The van der Waals surface area contributed by atoms with Crippen LogP contribution < -0.4 is 9.58 Å². The number of nitrogens with one attached hydrogen (secondary N) is 1. The molecule has 30 heavy (non-hydrogen) atoms. The average Bonchev–Trinajstić information content (AvgIpc) is 3.15. The van der Waals surface area contributed by atoms with Crippen molar-refractivity contribution in [3.05, 3.63) is 58.6 Å². The van der Waals surface area contributed by atoms with Gasteiger partial charge in [0, 0.05) is 47.8 Å². The molecule has 156 valence electrons. The molecule has 4 rings (SSSR count). The Morgan fingerprint density at radius 1 is 1.07 bits per heavy atom. The van der Waals surface area contributed by atoms with E-state index >= 15 is 0 Å². The summed E-state index contributed by atoms with van der Waals surface area (Å²) in [4.78, 5) is 16.7. The Morgan fingerprint density at radius 2 is 1.83 bits per heavy atom. The first-order chi connectivity index (χ1) is 14.5. The number of ether oxygens (including phenoxy) is 1. The summed E-state index contributed by atoms with van der Waals surface area (Å²) in [5.41, 5.74) is 5.84. The molecule has 2 heterocycles. The summed E-state index contributed by atoms with van der Waals surface area (Å²) >= 11 is 3.77. The molecule has 0 radical (unpaired) electrons. The summed E-state index contributed by atoms with van der Waals surface area (Å²) < 4.78 is 7.91. The van der Waals surface area contributed by atoms with Crippen LogP contribution in [0, 0.1) is 0 Å². The zero-order chi connectivity index (χ0) is 21.3. The van der Waals surface area contributed by atoms with E-state index in [0.29, 0.717) is 5.56 Å². The van der Waals surface area contributed by atoms with Crippen molar-refractivity contribution in [2.45, 2.75) is 0 Å². The van der Waals surface area contributed by atoms with Gasteiger partial charge in [0.15, 0.2) is 7.05 Å². The van der Waals surface area contributed by atoms with E-state index in [2.05, 4.69) is 62.1 Å². The number of esters is 1. The maximum atomic E-state index is 11.9. The van der Waals surface area contributed by atoms with Crippen molar-refractivity contribution in [2.24, 2.45) is 7.05 Å². The highest BCUT2D eigenvalue weighted by atomic mass is 79.9. The minimum Gasteiger partial charge on any atom is -0.465 e. The van der Waals surface area contributed by atoms with E-state index in [0.717, 1.165) is 53.2 Å². The summed E-state index contributed by atoms with van der Waals surface area (Å²) in [6.07, 6.45) is 0. The summed E-state index contributed by atoms with van der Waals surface area (Å²) in [6.45, 7) is 4.22. The molecule has 0 unspecified atom stereocenters. The van der Waals surface area contributed by atoms with Crippen LogP contribution in [0.15, 0.2) is 53.0 Å². The van der Waals surface area contributed by atoms with Crippen molar-refractivity contribution in [1.82, 2.24) is 10.00 Å². The fourth-order valence-electron chi connectivity index (χ4n) is 3.83. The minimum absolute atomic E-state index is 0.335. The fraction of sp³-hybridized carbons (Fsp3) is 0.304. The van der Waals surface area contributed by atoms with Crippen LogP contribution in [0.25, 0.3) is 22.5 Å². The van der Waals surface area contributed by atoms with Crippen LogP contribution in [0.2, 0.25) is 0 Å². The predicted molar refractivity (Wildman–Crippen MR) is 122 cm³/mol. The molecule has 2 aromatic carbocycles. The second kappa shape index (κ2) is 8.62. The highest BCUT2D eigenvalue weighted by Crippen LogP contribution is 2.32. The van der Waals surface area contributed by atoms with Gasteiger partial charge >= 0.3 is 5.97 Å². The predicted octanol–water partition coefficient (Wildman–Crippen LogP) is 3.47. The molecule has 0 spiro atoms. The topological polar surface area (TPSA) is 52.5 Å². The third-order valence-corrected chi connectivity index (χ3v) is 6.25. The maximum absolute atomic E-state index is 11.9. The van der Waals surface area contributed by atoms with Gasteiger partial charge in [-0.25, -0.2) is 4.79 Å². The molecule has 1 aliphatic rings. The van der Waals surface area contributed by atoms with Crippen LogP contribution >= 0.6 is 15.9 Å². The number of carbonyl (C=O) groups is 1. The van der Waals surface area contributed by atoms with E-state index in [1.807, 2.05) is 29.9 Å². The van der Waals surface area contributed by atoms with Crippen molar-refractivity contribution in [3.8, 4) is 22.5 Å². The number of aromatic amines is 1. The Kier molecular flexibility index (Phi) is 5.92. The highest BCUT2D eigenvalue weighted by molar-refractivity contribution is 9.10. The third-order valence-electron chi connectivity index (χ3n) is 5.61. The summed E-state index contributed by atoms with van der Waals surface area (Å²) in [5.74, 6) is -0.335. The number of rotatable bonds is 4. The van der Waals surface area contributed by atoms with Crippen molar-refractivity contribution in [3.63, 3.8) is 0 Å². The van der Waals surface area contributed by atoms with Gasteiger partial charge in [-0.2, -0.15) is 5.10 Å². The minimum atomic E-state index is -0.335. The van der Waals surface area contributed by atoms with Gasteiger partial charge in [0.2, 0.25) is 5.69 Å². The van der Waals surface area contributed by atoms with E-state index in [-0.39, 0.29) is 5.97 Å². The van der Waals surface area contributed by atoms with Crippen LogP contribution in [0.1, 0.15) is 10.4 Å². The Balaban J connectivity index is 1.62. The van der Waals surface area contributed by atoms with Gasteiger partial charge in [0.25, 0.3) is 0 Å². The Labute approximate surface area is 185 Å². The quantitative estimate of drug-likeness (QED) is 0.469. The lowest BCUT2D eigenvalue weighted by Crippen LogP contribution is -2.44. The summed E-state index contributed by atoms with van der Waals surface area (Å²) in [6, 6.07) is 16.1. The molecule has 0 atom stereocenters. The number of benzene rings is 2. The first kappa shape index (κ1) is 20.6. The van der Waals surface area contributed by atoms with E-state index in [1.54, 1.807) is 6.07 Å². The van der Waals surface area contributed by atoms with Crippen LogP contribution in [0.5, 0.6) is 0 Å². The normalized spacial score (nSPS) is 14.7. The standard InChI is InChI=1S/C23H25BrN4O2/c1-26-9-11-28(12-10-26)21-8-7-16(14-19(21)24)20-15-22(27(2)25-20)17-5-4-6-18(13-17)23(29)30-3/h4-8,13-15H,9-12H2,1-3H3/p+1. The fourth-order valence-corrected chi connectivity index (χ4v) is 4.46. The summed E-state index contributed by atoms with van der Waals surface area (Å²) in [5, 5.41) is 3.41. The van der Waals surface area contributed by atoms with Crippen LogP contribution in [-0.4, -0.2) is 56.3 Å². The monoisotopic (exact) mass is 469 g/mol. The molecule has 7 heteroatoms. The molecular weight excluding hydrogens is 444 g/mol. The lowest BCUT2D eigenvalue weighted by Gasteiger charge is -2.34. The number of anilines is 1. The Bertz CT molecular complexity index is 1070. The number of nitrogens with zero attached hydrogens (tertiary/aromatic N) is 3. The molecule has 1 aromatic heterocycles. The first-order valence-electron chi connectivity index (χ1n) is 9.97. The number of aryl methyl sites for hydroxylation is 1. The van der Waals surface area contributed by atoms with Gasteiger partial charge in [-0.3, -0.25) is 0 Å². The van der Waals surface area contributed by atoms with Crippen molar-refractivity contribution < 1.29 is 14.2 Å². The number of hydrogen-bond acceptors (Lipinski definition) is 4. The van der Waals surface area contributed by atoms with Crippen molar-refractivity contribution in [1.29, 1.82) is 0 Å². The van der Waals surface area contributed by atoms with Gasteiger partial charge < -0.3 is 14.5 Å². The number of carbonyl (C=O) groups excluding carboxylic acids is 1. The van der Waals surface area contributed by atoms with Crippen molar-refractivity contribution >= 4 is 27.6 Å². The molecule has 0 saturated carbocycles. The van der Waals surface area contributed by atoms with Gasteiger partial charge in [-0.05, 0) is 53.3 Å². The van der Waals surface area contributed by atoms with Gasteiger partial charge in [-0.15, -0.1) is 4.68 Å². The molecular formula is C23H26BrN4O2+. The molecule has 0 amide bonds. The number of piperazine rings is 1. The number of hydrogen-bond donors (Lipinski definition) is 1. The lowest BCUT2D eigenvalue weighted by atomic mass is 10.1. The average molecular weight is 470 g/mol. The molecule has 0 aliphatic carbocycles. The van der Waals surface area contributed by atoms with Crippen LogP contribution in [0.3, 0.4) is 0 Å². The number of H-pyrrole nitrogens is 1. The van der Waals surface area contributed by atoms with Gasteiger partial charge in [0.1, 0.15) is 5.69 Å². The van der Waals surface area contributed by atoms with E-state index in [9.17, 15) is 4.79 Å². The SMILES string of the molecule is COC(=O)c1cccc(-c2cc(-c3ccc(N4CCN(C)CC4)c(Br)c3)[nH][n+]2C)c1. The maximum Gasteiger partial charge on any atom is 0.337 e. The number of halogens is 1. The van der Waals surface area contributed by atoms with Gasteiger partial charge in [-0.1, -0.05) is 12.1 Å². The molecule has 1 N–H and O–H groups in total. The lowest BCUT2D eigenvalue weighted by molar-refractivity contribution is -0.715. The second-order valence-electron chi connectivity index (χ2n) is 7.64. The number of aromatic nitrogens is 2. The van der Waals surface area contributed by atoms with E-state index in [4.69, 9.17) is 4.74 Å². The number of methoxy groups -OCH3 is 1. The molecule has 1 fully saturated rings. The van der Waals surface area contributed by atoms with Gasteiger partial charge in [0.05, 0.1) is 18.4 Å². The Hall–Kier alpha value is -2.64. The zero-order valence-corrected chi connectivity index (χ0v) is 19.1. The molecule has 6 nitrogen and oxygen atoms in total. The zero-order valence-electron chi connectivity index (χ0n) is 17.5. The van der Waals surface area contributed by atoms with Crippen LogP contribution in [-0.2, 0) is 11.8 Å². The van der Waals surface area contributed by atoms with Crippen LogP contribution in [0.4, 0.5) is 5.69 Å². The van der Waals surface area contributed by atoms with E-state index in [1.165, 1.54) is 12.8 Å². The highest BCUT2D eigenvalue weighted by Gasteiger charge is 2.20. The van der Waals surface area contributed by atoms with Crippen molar-refractivity contribution in [2.75, 3.05) is 45.2 Å². The van der Waals surface area contributed by atoms with E-state index < -0.39 is 0 Å². The summed E-state index contributed by atoms with van der Waals surface area (Å²) in [7, 11) is 5.53. The third kappa shape index (κ3) is 4.13. The largest absolute Gasteiger partial charge is 0.465 e. The molecule has 3 aromatic rings. The molecule has 1 saturated heterocycles. The molecule has 1 aliphatic heterocycles. The Morgan fingerprint density at radius 3 is 2.53 bits per heavy atom. The second-order valence-corrected chi connectivity index (χ2v) is 8.50. The smallest absolute Gasteiger partial charge is 0.337 e.